The molecule has 112 valence electrons. The van der Waals surface area contributed by atoms with E-state index in [1.165, 1.54) is 4.68 Å². The van der Waals surface area contributed by atoms with Gasteiger partial charge >= 0.3 is 0 Å². The molecule has 0 aliphatic heterocycles. The van der Waals surface area contributed by atoms with E-state index < -0.39 is 5.54 Å². The molecule has 0 atom stereocenters. The first-order valence-electron chi connectivity index (χ1n) is 6.57. The van der Waals surface area contributed by atoms with Gasteiger partial charge < -0.3 is 11.1 Å². The number of amides is 1. The monoisotopic (exact) mass is 351 g/mol. The number of halogens is 1. The third-order valence-electron chi connectivity index (χ3n) is 3.12. The number of benzene rings is 1. The fourth-order valence-corrected chi connectivity index (χ4v) is 2.25. The molecule has 6 nitrogen and oxygen atoms in total. The second kappa shape index (κ2) is 6.36. The summed E-state index contributed by atoms with van der Waals surface area (Å²) in [6.07, 6.45) is 1.67. The number of hydrogen-bond acceptors (Lipinski definition) is 4. The van der Waals surface area contributed by atoms with Crippen molar-refractivity contribution in [2.45, 2.75) is 32.5 Å². The molecule has 7 heteroatoms. The molecule has 1 heterocycles. The van der Waals surface area contributed by atoms with Crippen LogP contribution in [-0.2, 0) is 23.4 Å². The second-order valence-corrected chi connectivity index (χ2v) is 6.21. The summed E-state index contributed by atoms with van der Waals surface area (Å²) in [6.45, 7) is 4.35. The molecule has 21 heavy (non-hydrogen) atoms. The van der Waals surface area contributed by atoms with Crippen molar-refractivity contribution in [2.24, 2.45) is 5.73 Å². The lowest BCUT2D eigenvalue weighted by Crippen LogP contribution is -2.42. The molecule has 0 fully saturated rings. The van der Waals surface area contributed by atoms with E-state index in [9.17, 15) is 4.79 Å². The Morgan fingerprint density at radius 2 is 2.05 bits per heavy atom. The molecule has 0 spiro atoms. The van der Waals surface area contributed by atoms with Gasteiger partial charge in [-0.3, -0.25) is 4.79 Å². The quantitative estimate of drug-likeness (QED) is 0.855. The van der Waals surface area contributed by atoms with Crippen molar-refractivity contribution in [3.63, 3.8) is 0 Å². The summed E-state index contributed by atoms with van der Waals surface area (Å²) in [6, 6.07) is 7.86. The predicted molar refractivity (Wildman–Crippen MR) is 83.2 cm³/mol. The summed E-state index contributed by atoms with van der Waals surface area (Å²) in [5.41, 5.74) is 6.69. The Labute approximate surface area is 131 Å². The molecule has 1 amide bonds. The number of nitrogens with one attached hydrogen (secondary N) is 1. The van der Waals surface area contributed by atoms with Gasteiger partial charge in [0.25, 0.3) is 0 Å². The van der Waals surface area contributed by atoms with E-state index in [1.807, 2.05) is 38.1 Å². The first-order valence-corrected chi connectivity index (χ1v) is 7.36. The van der Waals surface area contributed by atoms with Crippen LogP contribution in [0.4, 0.5) is 0 Å². The lowest BCUT2D eigenvalue weighted by molar-refractivity contribution is -0.123. The molecule has 0 saturated heterocycles. The van der Waals surface area contributed by atoms with Gasteiger partial charge in [0.2, 0.25) is 5.91 Å². The first-order chi connectivity index (χ1) is 9.90. The predicted octanol–water partition coefficient (Wildman–Crippen LogP) is 1.55. The van der Waals surface area contributed by atoms with Crippen LogP contribution in [0.5, 0.6) is 0 Å². The number of rotatable bonds is 5. The highest BCUT2D eigenvalue weighted by Gasteiger charge is 2.22. The van der Waals surface area contributed by atoms with E-state index in [0.717, 1.165) is 10.0 Å². The Morgan fingerprint density at radius 3 is 2.62 bits per heavy atom. The largest absolute Gasteiger partial charge is 0.346 e. The second-order valence-electron chi connectivity index (χ2n) is 5.29. The minimum Gasteiger partial charge on any atom is -0.346 e. The lowest BCUT2D eigenvalue weighted by atomic mass is 9.94. The Morgan fingerprint density at radius 1 is 1.38 bits per heavy atom. The van der Waals surface area contributed by atoms with E-state index in [0.29, 0.717) is 12.2 Å². The van der Waals surface area contributed by atoms with Crippen LogP contribution in [0.1, 0.15) is 25.1 Å². The van der Waals surface area contributed by atoms with Gasteiger partial charge in [0, 0.05) is 11.0 Å². The number of carbonyl (C=O) groups is 1. The number of nitrogens with zero attached hydrogens (tertiary/aromatic N) is 3. The smallest absolute Gasteiger partial charge is 0.242 e. The van der Waals surface area contributed by atoms with E-state index in [1.54, 1.807) is 6.20 Å². The molecule has 0 radical (unpaired) electrons. The van der Waals surface area contributed by atoms with E-state index in [2.05, 4.69) is 31.6 Å². The number of hydrogen-bond donors (Lipinski definition) is 2. The summed E-state index contributed by atoms with van der Waals surface area (Å²) in [5, 5.41) is 10.7. The van der Waals surface area contributed by atoms with Crippen LogP contribution in [0, 0.1) is 0 Å². The third kappa shape index (κ3) is 4.12. The van der Waals surface area contributed by atoms with Crippen LogP contribution in [0.25, 0.3) is 0 Å². The van der Waals surface area contributed by atoms with E-state index in [-0.39, 0.29) is 12.5 Å². The molecule has 0 aliphatic carbocycles. The van der Waals surface area contributed by atoms with Crippen LogP contribution in [-0.4, -0.2) is 20.9 Å². The maximum atomic E-state index is 12.1. The van der Waals surface area contributed by atoms with Gasteiger partial charge in [0.05, 0.1) is 17.4 Å². The van der Waals surface area contributed by atoms with Gasteiger partial charge in [0.1, 0.15) is 6.54 Å². The topological polar surface area (TPSA) is 85.8 Å². The normalized spacial score (nSPS) is 11.4. The molecule has 3 N–H and O–H groups in total. The molecule has 1 aromatic carbocycles. The maximum absolute atomic E-state index is 12.1. The summed E-state index contributed by atoms with van der Waals surface area (Å²) >= 11 is 3.40. The van der Waals surface area contributed by atoms with E-state index in [4.69, 9.17) is 5.73 Å². The van der Waals surface area contributed by atoms with Crippen molar-refractivity contribution >= 4 is 21.8 Å². The standard InChI is InChI=1S/C14H18BrN5O/c1-14(2,10-3-5-11(15)6-4-10)17-13(21)9-20-8-12(7-16)18-19-20/h3-6,8H,7,9,16H2,1-2H3,(H,17,21). The van der Waals surface area contributed by atoms with Gasteiger partial charge in [-0.2, -0.15) is 0 Å². The molecule has 0 unspecified atom stereocenters. The van der Waals surface area contributed by atoms with Gasteiger partial charge in [-0.15, -0.1) is 5.10 Å². The maximum Gasteiger partial charge on any atom is 0.242 e. The lowest BCUT2D eigenvalue weighted by Gasteiger charge is -2.27. The molecule has 0 aliphatic rings. The average molecular weight is 352 g/mol. The highest BCUT2D eigenvalue weighted by Crippen LogP contribution is 2.22. The van der Waals surface area contributed by atoms with Crippen LogP contribution in [0.2, 0.25) is 0 Å². The summed E-state index contributed by atoms with van der Waals surface area (Å²) in [4.78, 5) is 12.1. The average Bonchev–Trinajstić information content (AvgIpc) is 2.86. The fraction of sp³-hybridized carbons (Fsp3) is 0.357. The molecule has 0 saturated carbocycles. The van der Waals surface area contributed by atoms with E-state index >= 15 is 0 Å². The Balaban J connectivity index is 2.02. The molecule has 0 bridgehead atoms. The zero-order valence-corrected chi connectivity index (χ0v) is 13.6. The van der Waals surface area contributed by atoms with Gasteiger partial charge in [-0.25, -0.2) is 4.68 Å². The Kier molecular flexibility index (Phi) is 4.74. The molecule has 2 rings (SSSR count). The van der Waals surface area contributed by atoms with Crippen molar-refractivity contribution in [3.05, 3.63) is 46.2 Å². The Bertz CT molecular complexity index is 621. The summed E-state index contributed by atoms with van der Waals surface area (Å²) < 4.78 is 2.49. The Hall–Kier alpha value is -1.73. The van der Waals surface area contributed by atoms with Crippen LogP contribution in [0.3, 0.4) is 0 Å². The highest BCUT2D eigenvalue weighted by molar-refractivity contribution is 9.10. The number of aromatic nitrogens is 3. The minimum absolute atomic E-state index is 0.118. The summed E-state index contributed by atoms with van der Waals surface area (Å²) in [5.74, 6) is -0.128. The van der Waals surface area contributed by atoms with Gasteiger partial charge in [-0.1, -0.05) is 33.3 Å². The zero-order valence-electron chi connectivity index (χ0n) is 12.0. The number of carbonyl (C=O) groups excluding carboxylic acids is 1. The van der Waals surface area contributed by atoms with Crippen molar-refractivity contribution in [3.8, 4) is 0 Å². The van der Waals surface area contributed by atoms with Crippen molar-refractivity contribution in [1.82, 2.24) is 20.3 Å². The van der Waals surface area contributed by atoms with Gasteiger partial charge in [0.15, 0.2) is 0 Å². The first kappa shape index (κ1) is 15.7. The zero-order chi connectivity index (χ0) is 15.5. The third-order valence-corrected chi connectivity index (χ3v) is 3.65. The van der Waals surface area contributed by atoms with Crippen molar-refractivity contribution < 1.29 is 4.79 Å². The van der Waals surface area contributed by atoms with Crippen molar-refractivity contribution in [1.29, 1.82) is 0 Å². The molecule has 1 aromatic heterocycles. The minimum atomic E-state index is -0.463. The summed E-state index contributed by atoms with van der Waals surface area (Å²) in [7, 11) is 0. The number of nitrogens with two attached hydrogens (primary N) is 1. The SMILES string of the molecule is CC(C)(NC(=O)Cn1cc(CN)nn1)c1ccc(Br)cc1. The highest BCUT2D eigenvalue weighted by atomic mass is 79.9. The van der Waals surface area contributed by atoms with Crippen LogP contribution >= 0.6 is 15.9 Å². The molecule has 2 aromatic rings. The molecular weight excluding hydrogens is 334 g/mol. The fourth-order valence-electron chi connectivity index (χ4n) is 1.98. The van der Waals surface area contributed by atoms with Crippen LogP contribution in [0.15, 0.2) is 34.9 Å². The van der Waals surface area contributed by atoms with Gasteiger partial charge in [-0.05, 0) is 31.5 Å². The van der Waals surface area contributed by atoms with Crippen LogP contribution < -0.4 is 11.1 Å². The molecular formula is C14H18BrN5O. The van der Waals surface area contributed by atoms with Crippen molar-refractivity contribution in [2.75, 3.05) is 0 Å².